The van der Waals surface area contributed by atoms with Gasteiger partial charge in [0.2, 0.25) is 0 Å². The topological polar surface area (TPSA) is 73.1 Å². The molecule has 0 bridgehead atoms. The molecule has 0 radical (unpaired) electrons. The summed E-state index contributed by atoms with van der Waals surface area (Å²) in [5, 5.41) is 14.0. The van der Waals surface area contributed by atoms with E-state index in [0.717, 1.165) is 33.6 Å². The van der Waals surface area contributed by atoms with Gasteiger partial charge in [-0.1, -0.05) is 24.3 Å². The lowest BCUT2D eigenvalue weighted by Gasteiger charge is -2.10. The van der Waals surface area contributed by atoms with Crippen LogP contribution in [0.4, 0.5) is 5.82 Å². The van der Waals surface area contributed by atoms with Crippen LogP contribution in [-0.4, -0.2) is 30.4 Å². The number of aromatic nitrogens is 2. The van der Waals surface area contributed by atoms with Gasteiger partial charge in [-0.3, -0.25) is 0 Å². The van der Waals surface area contributed by atoms with Crippen molar-refractivity contribution in [1.82, 2.24) is 10.2 Å². The van der Waals surface area contributed by atoms with Crippen LogP contribution in [0.2, 0.25) is 0 Å². The number of fused-ring (bicyclic) bond motifs is 1. The molecule has 3 aromatic rings. The van der Waals surface area contributed by atoms with Crippen LogP contribution in [-0.2, 0) is 0 Å². The van der Waals surface area contributed by atoms with Gasteiger partial charge in [-0.2, -0.15) is 0 Å². The highest BCUT2D eigenvalue weighted by atomic mass is 16.5. The number of ether oxygens (including phenoxy) is 1. The minimum Gasteiger partial charge on any atom is -0.497 e. The first-order valence-corrected chi connectivity index (χ1v) is 7.17. The third-order valence-electron chi connectivity index (χ3n) is 3.49. The number of hydrogen-bond acceptors (Lipinski definition) is 5. The average Bonchev–Trinajstić information content (AvgIpc) is 2.60. The van der Waals surface area contributed by atoms with E-state index >= 15 is 0 Å². The molecule has 0 aliphatic heterocycles. The van der Waals surface area contributed by atoms with Gasteiger partial charge < -0.3 is 15.8 Å². The standard InChI is InChI=1S/C17H18N4O/c1-22-13-8-6-12(7-9-13)16-14-4-2-3-5-15(14)17(21-20-16)19-11-10-18/h2-9H,10-11,18H2,1H3,(H,19,21). The van der Waals surface area contributed by atoms with E-state index in [2.05, 4.69) is 21.6 Å². The molecule has 0 aliphatic rings. The summed E-state index contributed by atoms with van der Waals surface area (Å²) in [6.07, 6.45) is 0. The molecule has 2 aromatic carbocycles. The van der Waals surface area contributed by atoms with Gasteiger partial charge >= 0.3 is 0 Å². The predicted molar refractivity (Wildman–Crippen MR) is 89.1 cm³/mol. The minimum atomic E-state index is 0.552. The Hall–Kier alpha value is -2.66. The van der Waals surface area contributed by atoms with E-state index in [0.29, 0.717) is 13.1 Å². The zero-order valence-corrected chi connectivity index (χ0v) is 12.4. The molecule has 0 aliphatic carbocycles. The van der Waals surface area contributed by atoms with E-state index in [9.17, 15) is 0 Å². The smallest absolute Gasteiger partial charge is 0.156 e. The second-order valence-electron chi connectivity index (χ2n) is 4.89. The average molecular weight is 294 g/mol. The van der Waals surface area contributed by atoms with Gasteiger partial charge in [0, 0.05) is 29.4 Å². The number of nitrogens with two attached hydrogens (primary N) is 1. The number of nitrogens with one attached hydrogen (secondary N) is 1. The Kier molecular flexibility index (Phi) is 4.16. The normalized spacial score (nSPS) is 10.6. The Morgan fingerprint density at radius 3 is 2.41 bits per heavy atom. The van der Waals surface area contributed by atoms with Gasteiger partial charge in [0.05, 0.1) is 7.11 Å². The lowest BCUT2D eigenvalue weighted by atomic mass is 10.0. The molecule has 0 unspecified atom stereocenters. The monoisotopic (exact) mass is 294 g/mol. The molecule has 3 rings (SSSR count). The number of methoxy groups -OCH3 is 1. The third-order valence-corrected chi connectivity index (χ3v) is 3.49. The van der Waals surface area contributed by atoms with Crippen LogP contribution in [0, 0.1) is 0 Å². The molecule has 0 spiro atoms. The first kappa shape index (κ1) is 14.3. The van der Waals surface area contributed by atoms with Crippen LogP contribution in [0.25, 0.3) is 22.0 Å². The first-order valence-electron chi connectivity index (χ1n) is 7.17. The van der Waals surface area contributed by atoms with Gasteiger partial charge in [0.1, 0.15) is 11.4 Å². The van der Waals surface area contributed by atoms with Crippen molar-refractivity contribution in [3.05, 3.63) is 48.5 Å². The molecule has 0 saturated heterocycles. The largest absolute Gasteiger partial charge is 0.497 e. The maximum absolute atomic E-state index is 5.55. The molecule has 0 saturated carbocycles. The van der Waals surface area contributed by atoms with Gasteiger partial charge in [0.15, 0.2) is 5.82 Å². The van der Waals surface area contributed by atoms with Crippen LogP contribution in [0.1, 0.15) is 0 Å². The summed E-state index contributed by atoms with van der Waals surface area (Å²) in [4.78, 5) is 0. The molecule has 1 heterocycles. The van der Waals surface area contributed by atoms with Crippen LogP contribution >= 0.6 is 0 Å². The maximum atomic E-state index is 5.55. The lowest BCUT2D eigenvalue weighted by Crippen LogP contribution is -2.14. The van der Waals surface area contributed by atoms with Gasteiger partial charge in [0.25, 0.3) is 0 Å². The van der Waals surface area contributed by atoms with Crippen molar-refractivity contribution >= 4 is 16.6 Å². The van der Waals surface area contributed by atoms with Gasteiger partial charge in [-0.15, -0.1) is 10.2 Å². The first-order chi connectivity index (χ1) is 10.8. The molecule has 3 N–H and O–H groups in total. The number of anilines is 1. The fourth-order valence-corrected chi connectivity index (χ4v) is 2.39. The molecule has 5 nitrogen and oxygen atoms in total. The molecule has 22 heavy (non-hydrogen) atoms. The summed E-state index contributed by atoms with van der Waals surface area (Å²) in [7, 11) is 1.65. The van der Waals surface area contributed by atoms with Gasteiger partial charge in [-0.25, -0.2) is 0 Å². The minimum absolute atomic E-state index is 0.552. The Bertz CT molecular complexity index is 771. The highest BCUT2D eigenvalue weighted by molar-refractivity contribution is 6.00. The summed E-state index contributed by atoms with van der Waals surface area (Å²) in [5.74, 6) is 1.58. The Balaban J connectivity index is 2.10. The quantitative estimate of drug-likeness (QED) is 0.757. The Morgan fingerprint density at radius 1 is 1.00 bits per heavy atom. The molecular formula is C17H18N4O. The van der Waals surface area contributed by atoms with Crippen LogP contribution in [0.15, 0.2) is 48.5 Å². The molecule has 0 atom stereocenters. The van der Waals surface area contributed by atoms with E-state index in [1.54, 1.807) is 7.11 Å². The summed E-state index contributed by atoms with van der Waals surface area (Å²) < 4.78 is 5.20. The summed E-state index contributed by atoms with van der Waals surface area (Å²) in [5.41, 5.74) is 7.41. The van der Waals surface area contributed by atoms with E-state index in [1.165, 1.54) is 0 Å². The molecule has 0 fully saturated rings. The highest BCUT2D eigenvalue weighted by Gasteiger charge is 2.10. The molecular weight excluding hydrogens is 276 g/mol. The number of benzene rings is 2. The second kappa shape index (κ2) is 6.41. The second-order valence-corrected chi connectivity index (χ2v) is 4.89. The summed E-state index contributed by atoms with van der Waals surface area (Å²) in [6, 6.07) is 15.9. The molecule has 112 valence electrons. The fraction of sp³-hybridized carbons (Fsp3) is 0.176. The van der Waals surface area contributed by atoms with Crippen molar-refractivity contribution in [2.24, 2.45) is 5.73 Å². The summed E-state index contributed by atoms with van der Waals surface area (Å²) >= 11 is 0. The molecule has 1 aromatic heterocycles. The Morgan fingerprint density at radius 2 is 1.73 bits per heavy atom. The zero-order valence-electron chi connectivity index (χ0n) is 12.4. The van der Waals surface area contributed by atoms with Crippen LogP contribution in [0.3, 0.4) is 0 Å². The highest BCUT2D eigenvalue weighted by Crippen LogP contribution is 2.30. The number of hydrogen-bond donors (Lipinski definition) is 2. The van der Waals surface area contributed by atoms with Crippen molar-refractivity contribution in [3.63, 3.8) is 0 Å². The predicted octanol–water partition coefficient (Wildman–Crippen LogP) is 2.68. The molecule has 0 amide bonds. The molecule has 5 heteroatoms. The fourth-order valence-electron chi connectivity index (χ4n) is 2.39. The van der Waals surface area contributed by atoms with Crippen molar-refractivity contribution in [2.45, 2.75) is 0 Å². The van der Waals surface area contributed by atoms with E-state index in [-0.39, 0.29) is 0 Å². The van der Waals surface area contributed by atoms with Crippen LogP contribution < -0.4 is 15.8 Å². The van der Waals surface area contributed by atoms with Crippen molar-refractivity contribution in [1.29, 1.82) is 0 Å². The van der Waals surface area contributed by atoms with Crippen molar-refractivity contribution in [3.8, 4) is 17.0 Å². The zero-order chi connectivity index (χ0) is 15.4. The number of rotatable bonds is 5. The van der Waals surface area contributed by atoms with E-state index in [1.807, 2.05) is 42.5 Å². The van der Waals surface area contributed by atoms with Crippen molar-refractivity contribution in [2.75, 3.05) is 25.5 Å². The SMILES string of the molecule is COc1ccc(-c2nnc(NCCN)c3ccccc23)cc1. The number of nitrogens with zero attached hydrogens (tertiary/aromatic N) is 2. The third kappa shape index (κ3) is 2.71. The lowest BCUT2D eigenvalue weighted by molar-refractivity contribution is 0.415. The Labute approximate surface area is 129 Å². The van der Waals surface area contributed by atoms with Crippen LogP contribution in [0.5, 0.6) is 5.75 Å². The van der Waals surface area contributed by atoms with Crippen molar-refractivity contribution < 1.29 is 4.74 Å². The maximum Gasteiger partial charge on any atom is 0.156 e. The van der Waals surface area contributed by atoms with E-state index in [4.69, 9.17) is 10.5 Å². The van der Waals surface area contributed by atoms with Gasteiger partial charge in [-0.05, 0) is 24.3 Å². The van der Waals surface area contributed by atoms with E-state index < -0.39 is 0 Å². The summed E-state index contributed by atoms with van der Waals surface area (Å²) in [6.45, 7) is 1.22.